The molecular weight excluding hydrogens is 398 g/mol. The van der Waals surface area contributed by atoms with Gasteiger partial charge in [0.15, 0.2) is 11.6 Å². The number of hydrogen-bond acceptors (Lipinski definition) is 5. The van der Waals surface area contributed by atoms with Crippen molar-refractivity contribution in [3.8, 4) is 5.75 Å². The first-order valence-corrected chi connectivity index (χ1v) is 8.86. The van der Waals surface area contributed by atoms with E-state index < -0.39 is 23.5 Å². The van der Waals surface area contributed by atoms with Crippen LogP contribution in [-0.2, 0) is 4.79 Å². The number of aromatic nitrogens is 1. The zero-order valence-electron chi connectivity index (χ0n) is 15.0. The molecule has 0 aliphatic rings. The van der Waals surface area contributed by atoms with Crippen molar-refractivity contribution in [1.82, 2.24) is 4.98 Å². The van der Waals surface area contributed by atoms with Crippen molar-refractivity contribution < 1.29 is 24.1 Å². The number of aliphatic hydroxyl groups is 1. The van der Waals surface area contributed by atoms with Crippen molar-refractivity contribution in [1.29, 1.82) is 0 Å². The van der Waals surface area contributed by atoms with Gasteiger partial charge in [-0.3, -0.25) is 4.79 Å². The van der Waals surface area contributed by atoms with Gasteiger partial charge in [-0.1, -0.05) is 43.1 Å². The molecule has 0 unspecified atom stereocenters. The summed E-state index contributed by atoms with van der Waals surface area (Å²) >= 11 is 12.1. The summed E-state index contributed by atoms with van der Waals surface area (Å²) in [6.07, 6.45) is 5.32. The Morgan fingerprint density at radius 2 is 2.00 bits per heavy atom. The maximum atomic E-state index is 14.1. The third kappa shape index (κ3) is 7.11. The first kappa shape index (κ1) is 22.8. The van der Waals surface area contributed by atoms with E-state index in [2.05, 4.69) is 16.9 Å². The third-order valence-corrected chi connectivity index (χ3v) is 4.05. The number of carbonyl (C=O) groups is 1. The van der Waals surface area contributed by atoms with Crippen molar-refractivity contribution in [3.63, 3.8) is 0 Å². The highest BCUT2D eigenvalue weighted by atomic mass is 35.5. The highest BCUT2D eigenvalue weighted by Gasteiger charge is 2.21. The minimum absolute atomic E-state index is 0.167. The molecule has 6 nitrogen and oxygen atoms in total. The summed E-state index contributed by atoms with van der Waals surface area (Å²) in [5.41, 5.74) is 0.818. The molecule has 0 saturated carbocycles. The fraction of sp³-hybridized carbons (Fsp3) is 0.333. The lowest BCUT2D eigenvalue weighted by Gasteiger charge is -2.16. The van der Waals surface area contributed by atoms with Gasteiger partial charge in [-0.2, -0.15) is 9.37 Å². The van der Waals surface area contributed by atoms with Gasteiger partial charge in [-0.15, -0.1) is 0 Å². The predicted molar refractivity (Wildman–Crippen MR) is 104 cm³/mol. The number of halogens is 3. The van der Waals surface area contributed by atoms with Crippen LogP contribution in [0.5, 0.6) is 5.75 Å². The number of ether oxygens (including phenoxy) is 1. The molecule has 0 aliphatic heterocycles. The van der Waals surface area contributed by atoms with Crippen molar-refractivity contribution >= 4 is 35.0 Å². The molecule has 3 N–H and O–H groups in total. The standard InChI is InChI=1S/C18H21Cl2FN2O4/c1-4-5-6-10(2)12(8-7-11(3)24)27-16-14(19)17(21)23-18(15(16)20)22-9-13(25)26/h7-8,24H,3-6,9H2,1-2H3,(H,22,23)(H,25,26)/b8-7-,12-10-. The number of anilines is 1. The van der Waals surface area contributed by atoms with Gasteiger partial charge in [0.25, 0.3) is 0 Å². The van der Waals surface area contributed by atoms with Gasteiger partial charge in [-0.05, 0) is 37.5 Å². The van der Waals surface area contributed by atoms with Crippen LogP contribution in [0.1, 0.15) is 33.1 Å². The number of hydrogen-bond donors (Lipinski definition) is 3. The van der Waals surface area contributed by atoms with Crippen LogP contribution in [0.3, 0.4) is 0 Å². The number of pyridine rings is 1. The van der Waals surface area contributed by atoms with Crippen molar-refractivity contribution in [2.75, 3.05) is 11.9 Å². The second-order valence-corrected chi connectivity index (χ2v) is 6.39. The summed E-state index contributed by atoms with van der Waals surface area (Å²) in [6.45, 7) is 6.70. The summed E-state index contributed by atoms with van der Waals surface area (Å²) < 4.78 is 19.8. The number of carboxylic acid groups (broad SMARTS) is 1. The van der Waals surface area contributed by atoms with E-state index >= 15 is 0 Å². The molecule has 27 heavy (non-hydrogen) atoms. The number of nitrogens with one attached hydrogen (secondary N) is 1. The molecule has 0 fully saturated rings. The minimum Gasteiger partial charge on any atom is -0.509 e. The van der Waals surface area contributed by atoms with E-state index in [1.165, 1.54) is 12.2 Å². The maximum absolute atomic E-state index is 14.1. The Bertz CT molecular complexity index is 779. The van der Waals surface area contributed by atoms with Crippen LogP contribution >= 0.6 is 23.2 Å². The lowest BCUT2D eigenvalue weighted by atomic mass is 10.1. The SMILES string of the molecule is C=C(O)/C=C\C(Oc1c(Cl)c(F)nc(NCC(=O)O)c1Cl)=C(/C)CCCC. The number of carboxylic acids is 1. The van der Waals surface area contributed by atoms with E-state index in [1.807, 2.05) is 13.8 Å². The van der Waals surface area contributed by atoms with Crippen molar-refractivity contribution in [2.45, 2.75) is 33.1 Å². The Morgan fingerprint density at radius 3 is 2.56 bits per heavy atom. The Labute approximate surface area is 167 Å². The summed E-state index contributed by atoms with van der Waals surface area (Å²) in [5, 5.41) is 19.8. The Morgan fingerprint density at radius 1 is 1.33 bits per heavy atom. The van der Waals surface area contributed by atoms with Gasteiger partial charge in [-0.25, -0.2) is 0 Å². The van der Waals surface area contributed by atoms with Crippen molar-refractivity contribution in [3.05, 3.63) is 51.8 Å². The molecule has 9 heteroatoms. The Hall–Kier alpha value is -2.25. The highest BCUT2D eigenvalue weighted by Crippen LogP contribution is 2.40. The highest BCUT2D eigenvalue weighted by molar-refractivity contribution is 6.38. The number of allylic oxidation sites excluding steroid dienone is 3. The third-order valence-electron chi connectivity index (χ3n) is 3.37. The molecule has 0 radical (unpaired) electrons. The second kappa shape index (κ2) is 10.8. The van der Waals surface area contributed by atoms with Crippen LogP contribution in [0.4, 0.5) is 10.2 Å². The molecule has 148 valence electrons. The zero-order valence-corrected chi connectivity index (χ0v) is 16.5. The minimum atomic E-state index is -1.17. The Balaban J connectivity index is 3.34. The molecule has 0 aliphatic carbocycles. The number of aliphatic carboxylic acids is 1. The van der Waals surface area contributed by atoms with Gasteiger partial charge in [0.1, 0.15) is 28.1 Å². The van der Waals surface area contributed by atoms with E-state index in [1.54, 1.807) is 0 Å². The summed E-state index contributed by atoms with van der Waals surface area (Å²) in [4.78, 5) is 14.2. The number of rotatable bonds is 10. The fourth-order valence-corrected chi connectivity index (χ4v) is 2.44. The quantitative estimate of drug-likeness (QED) is 0.264. The second-order valence-electron chi connectivity index (χ2n) is 5.63. The summed E-state index contributed by atoms with van der Waals surface area (Å²) in [5.74, 6) is -2.55. The fourth-order valence-electron chi connectivity index (χ4n) is 1.97. The van der Waals surface area contributed by atoms with Gasteiger partial charge in [0.05, 0.1) is 0 Å². The van der Waals surface area contributed by atoms with E-state index in [0.717, 1.165) is 18.4 Å². The van der Waals surface area contributed by atoms with Crippen LogP contribution in [0.15, 0.2) is 35.8 Å². The van der Waals surface area contributed by atoms with Crippen LogP contribution in [0.2, 0.25) is 10.0 Å². The van der Waals surface area contributed by atoms with Gasteiger partial charge >= 0.3 is 5.97 Å². The average molecular weight is 419 g/mol. The summed E-state index contributed by atoms with van der Waals surface area (Å²) in [7, 11) is 0. The average Bonchev–Trinajstić information content (AvgIpc) is 2.60. The van der Waals surface area contributed by atoms with Crippen LogP contribution in [0, 0.1) is 5.95 Å². The molecule has 0 saturated heterocycles. The van der Waals surface area contributed by atoms with E-state index in [-0.39, 0.29) is 22.3 Å². The zero-order chi connectivity index (χ0) is 20.6. The Kier molecular flexibility index (Phi) is 9.11. The molecule has 0 atom stereocenters. The lowest BCUT2D eigenvalue weighted by molar-refractivity contribution is -0.134. The smallest absolute Gasteiger partial charge is 0.322 e. The van der Waals surface area contributed by atoms with Gasteiger partial charge in [0.2, 0.25) is 5.95 Å². The molecular formula is C18H21Cl2FN2O4. The van der Waals surface area contributed by atoms with E-state index in [0.29, 0.717) is 12.2 Å². The first-order chi connectivity index (χ1) is 12.7. The molecule has 1 aromatic heterocycles. The number of aliphatic hydroxyl groups excluding tert-OH is 1. The molecule has 0 spiro atoms. The van der Waals surface area contributed by atoms with E-state index in [9.17, 15) is 14.3 Å². The van der Waals surface area contributed by atoms with E-state index in [4.69, 9.17) is 33.0 Å². The van der Waals surface area contributed by atoms with Crippen LogP contribution in [-0.4, -0.2) is 27.7 Å². The molecule has 0 bridgehead atoms. The molecule has 1 rings (SSSR count). The van der Waals surface area contributed by atoms with Gasteiger partial charge in [0, 0.05) is 0 Å². The normalized spacial score (nSPS) is 12.0. The predicted octanol–water partition coefficient (Wildman–Crippen LogP) is 5.49. The summed E-state index contributed by atoms with van der Waals surface area (Å²) in [6, 6.07) is 0. The lowest BCUT2D eigenvalue weighted by Crippen LogP contribution is -2.14. The molecule has 1 heterocycles. The largest absolute Gasteiger partial charge is 0.509 e. The molecule has 0 aromatic carbocycles. The number of nitrogens with zero attached hydrogens (tertiary/aromatic N) is 1. The first-order valence-electron chi connectivity index (χ1n) is 8.11. The van der Waals surface area contributed by atoms with Crippen LogP contribution < -0.4 is 10.1 Å². The topological polar surface area (TPSA) is 91.7 Å². The van der Waals surface area contributed by atoms with Crippen LogP contribution in [0.25, 0.3) is 0 Å². The molecule has 1 aromatic rings. The number of unbranched alkanes of at least 4 members (excludes halogenated alkanes) is 1. The van der Waals surface area contributed by atoms with Gasteiger partial charge < -0.3 is 20.3 Å². The maximum Gasteiger partial charge on any atom is 0.322 e. The van der Waals surface area contributed by atoms with Crippen molar-refractivity contribution in [2.24, 2.45) is 0 Å². The monoisotopic (exact) mass is 418 g/mol. The molecule has 0 amide bonds.